The Labute approximate surface area is 129 Å². The van der Waals surface area contributed by atoms with E-state index in [9.17, 15) is 9.59 Å². The Balaban J connectivity index is 2.11. The summed E-state index contributed by atoms with van der Waals surface area (Å²) < 4.78 is 6.42. The maximum absolute atomic E-state index is 12.2. The van der Waals surface area contributed by atoms with Gasteiger partial charge in [0.05, 0.1) is 24.8 Å². The minimum absolute atomic E-state index is 0.152. The molecule has 1 heterocycles. The second-order valence-electron chi connectivity index (χ2n) is 5.07. The van der Waals surface area contributed by atoms with E-state index >= 15 is 0 Å². The number of benzene rings is 1. The van der Waals surface area contributed by atoms with Crippen LogP contribution in [0.5, 0.6) is 0 Å². The number of nitrogens with one attached hydrogen (secondary N) is 1. The van der Waals surface area contributed by atoms with Gasteiger partial charge in [0.1, 0.15) is 0 Å². The highest BCUT2D eigenvalue weighted by molar-refractivity contribution is 5.95. The first-order valence-corrected chi connectivity index (χ1v) is 6.89. The quantitative estimate of drug-likeness (QED) is 0.877. The zero-order valence-electron chi connectivity index (χ0n) is 13.1. The number of carbonyl (C=O) groups excluding carboxylic acids is 2. The summed E-state index contributed by atoms with van der Waals surface area (Å²) in [5.41, 5.74) is 3.69. The van der Waals surface area contributed by atoms with Crippen LogP contribution in [0, 0.1) is 13.8 Å². The first-order valence-electron chi connectivity index (χ1n) is 6.89. The molecule has 0 spiro atoms. The molecule has 22 heavy (non-hydrogen) atoms. The number of nitrogens with zero attached hydrogens (tertiary/aromatic N) is 2. The third-order valence-electron chi connectivity index (χ3n) is 3.56. The molecule has 0 bridgehead atoms. The van der Waals surface area contributed by atoms with Crippen LogP contribution in [-0.4, -0.2) is 28.8 Å². The molecular formula is C16H19N3O3. The molecular weight excluding hydrogens is 282 g/mol. The van der Waals surface area contributed by atoms with Gasteiger partial charge in [0.25, 0.3) is 0 Å². The van der Waals surface area contributed by atoms with Crippen molar-refractivity contribution in [3.8, 4) is 0 Å². The van der Waals surface area contributed by atoms with Crippen LogP contribution in [0.15, 0.2) is 24.3 Å². The summed E-state index contributed by atoms with van der Waals surface area (Å²) in [5.74, 6) is -0.587. The lowest BCUT2D eigenvalue weighted by molar-refractivity contribution is -0.115. The number of methoxy groups -OCH3 is 1. The molecule has 116 valence electrons. The van der Waals surface area contributed by atoms with Gasteiger partial charge in [-0.3, -0.25) is 9.48 Å². The van der Waals surface area contributed by atoms with E-state index in [4.69, 9.17) is 0 Å². The average molecular weight is 301 g/mol. The Morgan fingerprint density at radius 2 is 2.05 bits per heavy atom. The van der Waals surface area contributed by atoms with Crippen molar-refractivity contribution in [2.24, 2.45) is 7.05 Å². The van der Waals surface area contributed by atoms with E-state index in [0.29, 0.717) is 11.3 Å². The molecule has 0 fully saturated rings. The van der Waals surface area contributed by atoms with Crippen molar-refractivity contribution in [2.75, 3.05) is 12.4 Å². The van der Waals surface area contributed by atoms with Gasteiger partial charge in [0.2, 0.25) is 5.91 Å². The monoisotopic (exact) mass is 301 g/mol. The highest BCUT2D eigenvalue weighted by Gasteiger charge is 2.14. The number of hydrogen-bond acceptors (Lipinski definition) is 4. The van der Waals surface area contributed by atoms with Crippen molar-refractivity contribution >= 4 is 17.6 Å². The molecule has 0 unspecified atom stereocenters. The third kappa shape index (κ3) is 3.33. The van der Waals surface area contributed by atoms with Gasteiger partial charge < -0.3 is 10.1 Å². The summed E-state index contributed by atoms with van der Waals surface area (Å²) >= 11 is 0. The lowest BCUT2D eigenvalue weighted by Gasteiger charge is -2.07. The van der Waals surface area contributed by atoms with Gasteiger partial charge in [-0.05, 0) is 32.0 Å². The standard InChI is InChI=1S/C16H19N3O3/c1-10-14(11(2)19(3)18-10)9-15(20)17-13-7-5-6-12(8-13)16(21)22-4/h5-8H,9H2,1-4H3,(H,17,20). The Hall–Kier alpha value is -2.63. The van der Waals surface area contributed by atoms with Crippen LogP contribution in [0.4, 0.5) is 5.69 Å². The third-order valence-corrected chi connectivity index (χ3v) is 3.56. The molecule has 0 radical (unpaired) electrons. The molecule has 1 amide bonds. The number of rotatable bonds is 4. The van der Waals surface area contributed by atoms with E-state index in [-0.39, 0.29) is 12.3 Å². The smallest absolute Gasteiger partial charge is 0.337 e. The Morgan fingerprint density at radius 1 is 1.32 bits per heavy atom. The van der Waals surface area contributed by atoms with Crippen molar-refractivity contribution < 1.29 is 14.3 Å². The Morgan fingerprint density at radius 3 is 2.64 bits per heavy atom. The lowest BCUT2D eigenvalue weighted by Crippen LogP contribution is -2.15. The Kier molecular flexibility index (Phi) is 4.60. The molecule has 0 saturated carbocycles. The minimum Gasteiger partial charge on any atom is -0.465 e. The molecule has 1 aromatic heterocycles. The van der Waals surface area contributed by atoms with Gasteiger partial charge in [-0.15, -0.1) is 0 Å². The van der Waals surface area contributed by atoms with E-state index in [1.807, 2.05) is 20.9 Å². The zero-order valence-corrected chi connectivity index (χ0v) is 13.1. The number of carbonyl (C=O) groups is 2. The summed E-state index contributed by atoms with van der Waals surface area (Å²) in [4.78, 5) is 23.7. The van der Waals surface area contributed by atoms with Crippen LogP contribution in [0.25, 0.3) is 0 Å². The first-order chi connectivity index (χ1) is 10.4. The maximum atomic E-state index is 12.2. The first kappa shape index (κ1) is 15.8. The lowest BCUT2D eigenvalue weighted by atomic mass is 10.1. The van der Waals surface area contributed by atoms with Gasteiger partial charge in [-0.25, -0.2) is 4.79 Å². The van der Waals surface area contributed by atoms with E-state index < -0.39 is 5.97 Å². The zero-order chi connectivity index (χ0) is 16.3. The van der Waals surface area contributed by atoms with Crippen LogP contribution in [-0.2, 0) is 23.0 Å². The second kappa shape index (κ2) is 6.43. The molecule has 0 aliphatic heterocycles. The van der Waals surface area contributed by atoms with Crippen molar-refractivity contribution in [1.29, 1.82) is 0 Å². The SMILES string of the molecule is COC(=O)c1cccc(NC(=O)Cc2c(C)nn(C)c2C)c1. The highest BCUT2D eigenvalue weighted by Crippen LogP contribution is 2.15. The van der Waals surface area contributed by atoms with Crippen molar-refractivity contribution in [1.82, 2.24) is 9.78 Å². The molecule has 1 aromatic carbocycles. The molecule has 2 aromatic rings. The molecule has 0 saturated heterocycles. The fraction of sp³-hybridized carbons (Fsp3) is 0.312. The second-order valence-corrected chi connectivity index (χ2v) is 5.07. The maximum Gasteiger partial charge on any atom is 0.337 e. The highest BCUT2D eigenvalue weighted by atomic mass is 16.5. The van der Waals surface area contributed by atoms with Crippen molar-refractivity contribution in [3.63, 3.8) is 0 Å². The van der Waals surface area contributed by atoms with Gasteiger partial charge >= 0.3 is 5.97 Å². The number of aryl methyl sites for hydroxylation is 2. The molecule has 0 atom stereocenters. The van der Waals surface area contributed by atoms with Crippen LogP contribution in [0.3, 0.4) is 0 Å². The Bertz CT molecular complexity index is 719. The summed E-state index contributed by atoms with van der Waals surface area (Å²) in [6, 6.07) is 6.65. The number of esters is 1. The topological polar surface area (TPSA) is 73.2 Å². The number of amides is 1. The normalized spacial score (nSPS) is 10.4. The van der Waals surface area contributed by atoms with Crippen LogP contribution >= 0.6 is 0 Å². The largest absolute Gasteiger partial charge is 0.465 e. The minimum atomic E-state index is -0.435. The van der Waals surface area contributed by atoms with Crippen LogP contribution in [0.2, 0.25) is 0 Å². The predicted molar refractivity (Wildman–Crippen MR) is 82.8 cm³/mol. The number of ether oxygens (including phenoxy) is 1. The van der Waals surface area contributed by atoms with Gasteiger partial charge in [0, 0.05) is 24.0 Å². The molecule has 1 N–H and O–H groups in total. The number of aromatic nitrogens is 2. The van der Waals surface area contributed by atoms with E-state index in [2.05, 4.69) is 15.2 Å². The summed E-state index contributed by atoms with van der Waals surface area (Å²) in [5, 5.41) is 7.08. The molecule has 2 rings (SSSR count). The van der Waals surface area contributed by atoms with Crippen molar-refractivity contribution in [3.05, 3.63) is 46.8 Å². The van der Waals surface area contributed by atoms with E-state index in [0.717, 1.165) is 17.0 Å². The van der Waals surface area contributed by atoms with Crippen LogP contribution < -0.4 is 5.32 Å². The number of hydrogen-bond donors (Lipinski definition) is 1. The van der Waals surface area contributed by atoms with E-state index in [1.54, 1.807) is 28.9 Å². The van der Waals surface area contributed by atoms with Crippen LogP contribution in [0.1, 0.15) is 27.3 Å². The van der Waals surface area contributed by atoms with Gasteiger partial charge in [-0.2, -0.15) is 5.10 Å². The van der Waals surface area contributed by atoms with Gasteiger partial charge in [0.15, 0.2) is 0 Å². The molecule has 6 heteroatoms. The summed E-state index contributed by atoms with van der Waals surface area (Å²) in [6.07, 6.45) is 0.244. The summed E-state index contributed by atoms with van der Waals surface area (Å²) in [6.45, 7) is 3.81. The van der Waals surface area contributed by atoms with Gasteiger partial charge in [-0.1, -0.05) is 6.07 Å². The summed E-state index contributed by atoms with van der Waals surface area (Å²) in [7, 11) is 3.17. The molecule has 0 aliphatic carbocycles. The van der Waals surface area contributed by atoms with Crippen molar-refractivity contribution in [2.45, 2.75) is 20.3 Å². The number of anilines is 1. The predicted octanol–water partition coefficient (Wildman–Crippen LogP) is 2.00. The fourth-order valence-electron chi connectivity index (χ4n) is 2.28. The fourth-order valence-corrected chi connectivity index (χ4v) is 2.28. The van der Waals surface area contributed by atoms with E-state index in [1.165, 1.54) is 7.11 Å². The molecule has 6 nitrogen and oxygen atoms in total. The molecule has 0 aliphatic rings. The average Bonchev–Trinajstić information content (AvgIpc) is 2.73.